The average molecular weight is 253 g/mol. The van der Waals surface area contributed by atoms with Gasteiger partial charge in [0, 0.05) is 5.92 Å². The van der Waals surface area contributed by atoms with E-state index in [1.54, 1.807) is 0 Å². The summed E-state index contributed by atoms with van der Waals surface area (Å²) in [5, 5.41) is 0. The highest BCUT2D eigenvalue weighted by molar-refractivity contribution is 7.89. The monoisotopic (exact) mass is 253 g/mol. The minimum absolute atomic E-state index is 0.171. The van der Waals surface area contributed by atoms with E-state index < -0.39 is 10.0 Å². The highest BCUT2D eigenvalue weighted by atomic mass is 32.2. The molecule has 0 bridgehead atoms. The lowest BCUT2D eigenvalue weighted by atomic mass is 9.71. The van der Waals surface area contributed by atoms with E-state index in [9.17, 15) is 13.2 Å². The van der Waals surface area contributed by atoms with Crippen LogP contribution in [0.3, 0.4) is 0 Å². The topological polar surface area (TPSA) is 63.2 Å². The summed E-state index contributed by atoms with van der Waals surface area (Å²) in [4.78, 5) is 11.5. The Bertz CT molecular complexity index is 504. The van der Waals surface area contributed by atoms with Crippen LogP contribution in [0.15, 0.2) is 30.3 Å². The zero-order valence-corrected chi connectivity index (χ0v) is 10.4. The number of sulfonamides is 1. The van der Waals surface area contributed by atoms with Crippen molar-refractivity contribution in [1.82, 2.24) is 4.72 Å². The zero-order chi connectivity index (χ0) is 12.5. The third-order valence-corrected chi connectivity index (χ3v) is 3.64. The average Bonchev–Trinajstić information content (AvgIpc) is 2.14. The van der Waals surface area contributed by atoms with E-state index in [4.69, 9.17) is 0 Å². The minimum Gasteiger partial charge on any atom is -0.274 e. The molecule has 0 aromatic heterocycles. The van der Waals surface area contributed by atoms with E-state index in [2.05, 4.69) is 0 Å². The second kappa shape index (κ2) is 4.49. The van der Waals surface area contributed by atoms with Crippen LogP contribution in [0.1, 0.15) is 24.3 Å². The van der Waals surface area contributed by atoms with Crippen molar-refractivity contribution in [3.8, 4) is 0 Å². The lowest BCUT2D eigenvalue weighted by Crippen LogP contribution is -2.40. The Morgan fingerprint density at radius 1 is 1.24 bits per heavy atom. The summed E-state index contributed by atoms with van der Waals surface area (Å²) in [5.41, 5.74) is 1.22. The smallest absolute Gasteiger partial charge is 0.236 e. The molecular formula is C12H15NO3S. The molecule has 1 aromatic rings. The fraction of sp³-hybridized carbons (Fsp3) is 0.417. The third kappa shape index (κ3) is 3.06. The van der Waals surface area contributed by atoms with Crippen molar-refractivity contribution in [3.05, 3.63) is 35.9 Å². The first-order valence-electron chi connectivity index (χ1n) is 5.52. The summed E-state index contributed by atoms with van der Waals surface area (Å²) >= 11 is 0. The molecular weight excluding hydrogens is 238 g/mol. The van der Waals surface area contributed by atoms with Gasteiger partial charge < -0.3 is 0 Å². The molecule has 17 heavy (non-hydrogen) atoms. The van der Waals surface area contributed by atoms with Gasteiger partial charge in [0.25, 0.3) is 0 Å². The molecule has 0 saturated heterocycles. The van der Waals surface area contributed by atoms with Crippen LogP contribution in [0.2, 0.25) is 0 Å². The summed E-state index contributed by atoms with van der Waals surface area (Å²) in [5.74, 6) is -0.166. The van der Waals surface area contributed by atoms with Crippen molar-refractivity contribution >= 4 is 15.9 Å². The van der Waals surface area contributed by atoms with Gasteiger partial charge in [-0.1, -0.05) is 30.3 Å². The molecule has 1 aliphatic rings. The predicted octanol–water partition coefficient (Wildman–Crippen LogP) is 1.26. The molecule has 1 amide bonds. The highest BCUT2D eigenvalue weighted by Crippen LogP contribution is 2.41. The van der Waals surface area contributed by atoms with Crippen LogP contribution in [-0.4, -0.2) is 20.6 Å². The number of carbonyl (C=O) groups excluding carboxylic acids is 1. The lowest BCUT2D eigenvalue weighted by molar-refractivity contribution is -0.126. The molecule has 2 rings (SSSR count). The molecule has 0 atom stereocenters. The second-order valence-electron chi connectivity index (χ2n) is 4.51. The molecule has 0 unspecified atom stereocenters. The zero-order valence-electron chi connectivity index (χ0n) is 9.59. The maximum atomic E-state index is 11.5. The van der Waals surface area contributed by atoms with Gasteiger partial charge in [0.15, 0.2) is 0 Å². The Balaban J connectivity index is 1.89. The standard InChI is InChI=1S/C12H15NO3S/c1-17(15,16)13-12(14)11-7-10(8-11)9-5-3-2-4-6-9/h2-6,10-11H,7-8H2,1H3,(H,13,14). The van der Waals surface area contributed by atoms with E-state index in [0.717, 1.165) is 19.1 Å². The number of benzene rings is 1. The second-order valence-corrected chi connectivity index (χ2v) is 6.26. The van der Waals surface area contributed by atoms with Crippen molar-refractivity contribution in [2.24, 2.45) is 5.92 Å². The molecule has 92 valence electrons. The van der Waals surface area contributed by atoms with Crippen molar-refractivity contribution in [1.29, 1.82) is 0 Å². The molecule has 5 heteroatoms. The highest BCUT2D eigenvalue weighted by Gasteiger charge is 2.36. The molecule has 1 fully saturated rings. The molecule has 0 spiro atoms. The normalized spacial score (nSPS) is 23.8. The van der Waals surface area contributed by atoms with Gasteiger partial charge in [-0.3, -0.25) is 9.52 Å². The SMILES string of the molecule is CS(=O)(=O)NC(=O)C1CC(c2ccccc2)C1. The Hall–Kier alpha value is -1.36. The first-order valence-corrected chi connectivity index (χ1v) is 7.41. The maximum Gasteiger partial charge on any atom is 0.236 e. The quantitative estimate of drug-likeness (QED) is 0.882. The van der Waals surface area contributed by atoms with Crippen LogP contribution in [0.5, 0.6) is 0 Å². The largest absolute Gasteiger partial charge is 0.274 e. The van der Waals surface area contributed by atoms with Gasteiger partial charge in [-0.2, -0.15) is 0 Å². The van der Waals surface area contributed by atoms with Gasteiger partial charge in [0.1, 0.15) is 0 Å². The molecule has 0 heterocycles. The number of hydrogen-bond donors (Lipinski definition) is 1. The molecule has 1 aliphatic carbocycles. The van der Waals surface area contributed by atoms with Crippen molar-refractivity contribution < 1.29 is 13.2 Å². The van der Waals surface area contributed by atoms with Crippen LogP contribution in [-0.2, 0) is 14.8 Å². The van der Waals surface area contributed by atoms with Gasteiger partial charge >= 0.3 is 0 Å². The Labute approximate surface area is 101 Å². The van der Waals surface area contributed by atoms with Crippen LogP contribution in [0, 0.1) is 5.92 Å². The van der Waals surface area contributed by atoms with Crippen molar-refractivity contribution in [2.75, 3.05) is 6.26 Å². The first-order chi connectivity index (χ1) is 7.96. The summed E-state index contributed by atoms with van der Waals surface area (Å²) in [6.45, 7) is 0. The summed E-state index contributed by atoms with van der Waals surface area (Å²) < 4.78 is 23.8. The third-order valence-electron chi connectivity index (χ3n) is 3.07. The van der Waals surface area contributed by atoms with Gasteiger partial charge in [-0.15, -0.1) is 0 Å². The molecule has 0 aliphatic heterocycles. The fourth-order valence-electron chi connectivity index (χ4n) is 2.10. The van der Waals surface area contributed by atoms with Gasteiger partial charge in [0.05, 0.1) is 6.26 Å². The number of hydrogen-bond acceptors (Lipinski definition) is 3. The van der Waals surface area contributed by atoms with Crippen LogP contribution >= 0.6 is 0 Å². The molecule has 1 N–H and O–H groups in total. The molecule has 4 nitrogen and oxygen atoms in total. The van der Waals surface area contributed by atoms with E-state index in [0.29, 0.717) is 5.92 Å². The van der Waals surface area contributed by atoms with E-state index in [-0.39, 0.29) is 11.8 Å². The van der Waals surface area contributed by atoms with E-state index in [1.807, 2.05) is 35.1 Å². The van der Waals surface area contributed by atoms with Crippen molar-refractivity contribution in [2.45, 2.75) is 18.8 Å². The van der Waals surface area contributed by atoms with Crippen LogP contribution < -0.4 is 4.72 Å². The summed E-state index contributed by atoms with van der Waals surface area (Å²) in [6.07, 6.45) is 2.45. The van der Waals surface area contributed by atoms with Gasteiger partial charge in [-0.25, -0.2) is 8.42 Å². The van der Waals surface area contributed by atoms with E-state index >= 15 is 0 Å². The molecule has 1 aromatic carbocycles. The van der Waals surface area contributed by atoms with Gasteiger partial charge in [0.2, 0.25) is 15.9 Å². The van der Waals surface area contributed by atoms with Crippen LogP contribution in [0.25, 0.3) is 0 Å². The molecule has 1 saturated carbocycles. The predicted molar refractivity (Wildman–Crippen MR) is 64.9 cm³/mol. The summed E-state index contributed by atoms with van der Waals surface area (Å²) in [7, 11) is -3.43. The van der Waals surface area contributed by atoms with Crippen molar-refractivity contribution in [3.63, 3.8) is 0 Å². The Morgan fingerprint density at radius 2 is 1.82 bits per heavy atom. The fourth-order valence-corrected chi connectivity index (χ4v) is 2.63. The van der Waals surface area contributed by atoms with Gasteiger partial charge in [-0.05, 0) is 24.3 Å². The molecule has 0 radical (unpaired) electrons. The number of nitrogens with one attached hydrogen (secondary N) is 1. The summed E-state index contributed by atoms with van der Waals surface area (Å²) in [6, 6.07) is 9.97. The first kappa shape index (κ1) is 12.1. The van der Waals surface area contributed by atoms with Crippen LogP contribution in [0.4, 0.5) is 0 Å². The minimum atomic E-state index is -3.43. The number of rotatable bonds is 3. The van der Waals surface area contributed by atoms with E-state index in [1.165, 1.54) is 5.56 Å². The Morgan fingerprint density at radius 3 is 2.35 bits per heavy atom. The maximum absolute atomic E-state index is 11.5. The number of carbonyl (C=O) groups is 1. The lowest BCUT2D eigenvalue weighted by Gasteiger charge is -2.34. The Kier molecular flexibility index (Phi) is 3.19. The number of amides is 1.